The first-order valence-electron chi connectivity index (χ1n) is 9.33. The number of carbonyl (C=O) groups is 1. The SMILES string of the molecule is Cc1cc(C(=O)NC2CCOC3(CCCCC3)C2)c2c(C)[nH]nc2n1. The Balaban J connectivity index is 1.55. The number of aromatic nitrogens is 3. The average molecular weight is 342 g/mol. The molecule has 2 aromatic heterocycles. The van der Waals surface area contributed by atoms with Gasteiger partial charge in [-0.2, -0.15) is 5.10 Å². The summed E-state index contributed by atoms with van der Waals surface area (Å²) in [7, 11) is 0. The molecule has 4 rings (SSSR count). The van der Waals surface area contributed by atoms with Gasteiger partial charge < -0.3 is 10.1 Å². The van der Waals surface area contributed by atoms with Gasteiger partial charge in [0.25, 0.3) is 5.91 Å². The van der Waals surface area contributed by atoms with Gasteiger partial charge in [0.15, 0.2) is 5.65 Å². The van der Waals surface area contributed by atoms with E-state index in [4.69, 9.17) is 4.74 Å². The third-order valence-electron chi connectivity index (χ3n) is 5.67. The van der Waals surface area contributed by atoms with Crippen LogP contribution in [-0.4, -0.2) is 39.3 Å². The summed E-state index contributed by atoms with van der Waals surface area (Å²) < 4.78 is 6.14. The van der Waals surface area contributed by atoms with Crippen LogP contribution >= 0.6 is 0 Å². The summed E-state index contributed by atoms with van der Waals surface area (Å²) >= 11 is 0. The first kappa shape index (κ1) is 16.5. The summed E-state index contributed by atoms with van der Waals surface area (Å²) in [5.41, 5.74) is 2.95. The number of hydrogen-bond acceptors (Lipinski definition) is 4. The second kappa shape index (κ2) is 6.41. The number of fused-ring (bicyclic) bond motifs is 1. The smallest absolute Gasteiger partial charge is 0.252 e. The Labute approximate surface area is 147 Å². The van der Waals surface area contributed by atoms with Gasteiger partial charge in [-0.3, -0.25) is 9.89 Å². The molecule has 1 atom stereocenters. The van der Waals surface area contributed by atoms with E-state index in [1.54, 1.807) is 0 Å². The molecule has 1 unspecified atom stereocenters. The summed E-state index contributed by atoms with van der Waals surface area (Å²) in [6.07, 6.45) is 7.83. The number of hydrogen-bond donors (Lipinski definition) is 2. The molecule has 1 saturated heterocycles. The zero-order valence-corrected chi connectivity index (χ0v) is 15.0. The van der Waals surface area contributed by atoms with Gasteiger partial charge in [0.2, 0.25) is 0 Å². The van der Waals surface area contributed by atoms with Crippen molar-refractivity contribution in [1.29, 1.82) is 0 Å². The van der Waals surface area contributed by atoms with Gasteiger partial charge in [0.1, 0.15) is 0 Å². The van der Waals surface area contributed by atoms with Gasteiger partial charge in [-0.05, 0) is 45.6 Å². The van der Waals surface area contributed by atoms with E-state index < -0.39 is 0 Å². The third kappa shape index (κ3) is 3.15. The topological polar surface area (TPSA) is 79.9 Å². The molecule has 134 valence electrons. The monoisotopic (exact) mass is 342 g/mol. The van der Waals surface area contributed by atoms with Gasteiger partial charge in [-0.1, -0.05) is 19.3 Å². The van der Waals surface area contributed by atoms with Gasteiger partial charge in [-0.25, -0.2) is 4.98 Å². The molecule has 1 aliphatic heterocycles. The lowest BCUT2D eigenvalue weighted by Gasteiger charge is -2.43. The van der Waals surface area contributed by atoms with Gasteiger partial charge >= 0.3 is 0 Å². The lowest BCUT2D eigenvalue weighted by atomic mass is 9.78. The van der Waals surface area contributed by atoms with Crippen molar-refractivity contribution in [2.24, 2.45) is 0 Å². The summed E-state index contributed by atoms with van der Waals surface area (Å²) in [4.78, 5) is 17.4. The first-order chi connectivity index (χ1) is 12.1. The molecule has 1 spiro atoms. The highest BCUT2D eigenvalue weighted by atomic mass is 16.5. The lowest BCUT2D eigenvalue weighted by molar-refractivity contribution is -0.107. The lowest BCUT2D eigenvalue weighted by Crippen LogP contribution is -2.49. The highest BCUT2D eigenvalue weighted by Gasteiger charge is 2.39. The fraction of sp³-hybridized carbons (Fsp3) is 0.632. The molecule has 2 aliphatic rings. The maximum Gasteiger partial charge on any atom is 0.252 e. The molecule has 1 amide bonds. The number of aryl methyl sites for hydroxylation is 2. The zero-order valence-electron chi connectivity index (χ0n) is 15.0. The average Bonchev–Trinajstić information content (AvgIpc) is 2.96. The van der Waals surface area contributed by atoms with Gasteiger partial charge in [-0.15, -0.1) is 0 Å². The third-order valence-corrected chi connectivity index (χ3v) is 5.67. The van der Waals surface area contributed by atoms with Crippen molar-refractivity contribution >= 4 is 16.9 Å². The minimum Gasteiger partial charge on any atom is -0.375 e. The van der Waals surface area contributed by atoms with E-state index in [-0.39, 0.29) is 17.6 Å². The van der Waals surface area contributed by atoms with Crippen LogP contribution in [0.5, 0.6) is 0 Å². The van der Waals surface area contributed by atoms with Crippen LogP contribution in [0.1, 0.15) is 66.7 Å². The van der Waals surface area contributed by atoms with Crippen molar-refractivity contribution in [1.82, 2.24) is 20.5 Å². The predicted molar refractivity (Wildman–Crippen MR) is 95.6 cm³/mol. The quantitative estimate of drug-likeness (QED) is 0.878. The van der Waals surface area contributed by atoms with Gasteiger partial charge in [0.05, 0.1) is 16.6 Å². The molecule has 1 saturated carbocycles. The van der Waals surface area contributed by atoms with E-state index >= 15 is 0 Å². The number of amides is 1. The van der Waals surface area contributed by atoms with E-state index in [1.165, 1.54) is 19.3 Å². The number of nitrogens with zero attached hydrogens (tertiary/aromatic N) is 2. The van der Waals surface area contributed by atoms with Crippen molar-refractivity contribution in [2.75, 3.05) is 6.61 Å². The fourth-order valence-corrected chi connectivity index (χ4v) is 4.44. The van der Waals surface area contributed by atoms with Crippen molar-refractivity contribution < 1.29 is 9.53 Å². The second-order valence-electron chi connectivity index (χ2n) is 7.61. The Bertz CT molecular complexity index is 787. The van der Waals surface area contributed by atoms with Crippen LogP contribution in [0.3, 0.4) is 0 Å². The van der Waals surface area contributed by atoms with Crippen LogP contribution in [0.2, 0.25) is 0 Å². The highest BCUT2D eigenvalue weighted by Crippen LogP contribution is 2.38. The number of H-pyrrole nitrogens is 1. The normalized spacial score (nSPS) is 23.0. The van der Waals surface area contributed by atoms with E-state index in [9.17, 15) is 4.79 Å². The molecule has 25 heavy (non-hydrogen) atoms. The van der Waals surface area contributed by atoms with Crippen molar-refractivity contribution in [3.8, 4) is 0 Å². The summed E-state index contributed by atoms with van der Waals surface area (Å²) in [6, 6.07) is 2.03. The summed E-state index contributed by atoms with van der Waals surface area (Å²) in [6.45, 7) is 4.56. The van der Waals surface area contributed by atoms with E-state index in [2.05, 4.69) is 20.5 Å². The highest BCUT2D eigenvalue weighted by molar-refractivity contribution is 6.06. The van der Waals surface area contributed by atoms with Crippen LogP contribution in [0.4, 0.5) is 0 Å². The van der Waals surface area contributed by atoms with E-state index in [0.717, 1.165) is 49.1 Å². The van der Waals surface area contributed by atoms with Crippen molar-refractivity contribution in [3.63, 3.8) is 0 Å². The first-order valence-corrected chi connectivity index (χ1v) is 9.33. The molecule has 2 fully saturated rings. The molecule has 6 heteroatoms. The molecular weight excluding hydrogens is 316 g/mol. The number of rotatable bonds is 2. The molecule has 3 heterocycles. The zero-order chi connectivity index (χ0) is 17.4. The minimum absolute atomic E-state index is 0.0104. The van der Waals surface area contributed by atoms with Crippen LogP contribution in [0, 0.1) is 13.8 Å². The Morgan fingerprint density at radius 3 is 2.92 bits per heavy atom. The van der Waals surface area contributed by atoms with Crippen LogP contribution in [0.25, 0.3) is 11.0 Å². The standard InChI is InChI=1S/C19H26N4O2/c1-12-10-15(16-13(2)22-23-17(16)20-12)18(24)21-14-6-9-25-19(11-14)7-4-3-5-8-19/h10,14H,3-9,11H2,1-2H3,(H,21,24)(H,20,22,23). The fourth-order valence-electron chi connectivity index (χ4n) is 4.44. The summed E-state index contributed by atoms with van der Waals surface area (Å²) in [5.74, 6) is -0.0298. The maximum atomic E-state index is 13.0. The number of aromatic amines is 1. The molecule has 2 aromatic rings. The summed E-state index contributed by atoms with van der Waals surface area (Å²) in [5, 5.41) is 11.2. The molecule has 1 aliphatic carbocycles. The molecular formula is C19H26N4O2. The Kier molecular flexibility index (Phi) is 4.23. The number of pyridine rings is 1. The van der Waals surface area contributed by atoms with Crippen LogP contribution in [0.15, 0.2) is 6.07 Å². The molecule has 0 bridgehead atoms. The van der Waals surface area contributed by atoms with Crippen LogP contribution in [-0.2, 0) is 4.74 Å². The molecule has 6 nitrogen and oxygen atoms in total. The largest absolute Gasteiger partial charge is 0.375 e. The van der Waals surface area contributed by atoms with Crippen LogP contribution < -0.4 is 5.32 Å². The number of nitrogens with one attached hydrogen (secondary N) is 2. The van der Waals surface area contributed by atoms with Crippen molar-refractivity contribution in [2.45, 2.75) is 70.4 Å². The van der Waals surface area contributed by atoms with E-state index in [0.29, 0.717) is 11.2 Å². The van der Waals surface area contributed by atoms with Gasteiger partial charge in [0, 0.05) is 24.0 Å². The Morgan fingerprint density at radius 1 is 1.32 bits per heavy atom. The number of ether oxygens (including phenoxy) is 1. The Hall–Kier alpha value is -1.95. The molecule has 2 N–H and O–H groups in total. The minimum atomic E-state index is -0.0298. The van der Waals surface area contributed by atoms with Crippen molar-refractivity contribution in [3.05, 3.63) is 23.0 Å². The predicted octanol–water partition coefficient (Wildman–Crippen LogP) is 3.19. The maximum absolute atomic E-state index is 13.0. The molecule has 0 aromatic carbocycles. The van der Waals surface area contributed by atoms with E-state index in [1.807, 2.05) is 19.9 Å². The second-order valence-corrected chi connectivity index (χ2v) is 7.61. The Morgan fingerprint density at radius 2 is 2.12 bits per heavy atom. The number of carbonyl (C=O) groups excluding carboxylic acids is 1. The molecule has 0 radical (unpaired) electrons.